The summed E-state index contributed by atoms with van der Waals surface area (Å²) in [6, 6.07) is 25.0. The molecule has 0 fully saturated rings. The topological polar surface area (TPSA) is 62.8 Å². The summed E-state index contributed by atoms with van der Waals surface area (Å²) in [5.41, 5.74) is 8.73. The molecule has 0 saturated heterocycles. The Morgan fingerprint density at radius 1 is 0.775 bits per heavy atom. The molecule has 2 N–H and O–H groups in total. The number of fused-ring (bicyclic) bond motifs is 3. The molecule has 4 heterocycles. The molecule has 1 aliphatic heterocycles. The number of ether oxygens (including phenoxy) is 1. The number of unbranched alkanes of at least 4 members (excludes halogenated alkanes) is 1. The van der Waals surface area contributed by atoms with Crippen molar-refractivity contribution in [3.8, 4) is 0 Å². The number of para-hydroxylation sites is 3. The number of carbonyl (C=O) groups is 1. The molecule has 40 heavy (non-hydrogen) atoms. The minimum atomic E-state index is -1.10. The van der Waals surface area contributed by atoms with Crippen LogP contribution in [0.1, 0.15) is 53.5 Å². The number of hydrogen-bond acceptors (Lipinski definition) is 2. The lowest BCUT2D eigenvalue weighted by Crippen LogP contribution is -2.29. The summed E-state index contributed by atoms with van der Waals surface area (Å²) in [7, 11) is 0. The molecule has 1 atom stereocenters. The molecule has 5 heteroatoms. The number of esters is 1. The van der Waals surface area contributed by atoms with Crippen molar-refractivity contribution < 1.29 is 9.53 Å². The van der Waals surface area contributed by atoms with Crippen LogP contribution >= 0.6 is 0 Å². The lowest BCUT2D eigenvalue weighted by molar-refractivity contribution is -0.142. The highest BCUT2D eigenvalue weighted by Gasteiger charge is 2.49. The molecule has 0 aliphatic carbocycles. The number of aromatic amines is 2. The van der Waals surface area contributed by atoms with E-state index in [9.17, 15) is 4.79 Å². The second-order valence-electron chi connectivity index (χ2n) is 11.0. The SMILES string of the molecule is CCCCn1c(C)c(C2(c3c(C)[nH]c4ccccc34)C=C(c3c(C)[nH]c4ccccc34)C(=O)O2)c2ccccc21. The zero-order valence-electron chi connectivity index (χ0n) is 23.4. The molecule has 0 amide bonds. The van der Waals surface area contributed by atoms with Crippen molar-refractivity contribution in [3.05, 3.63) is 113 Å². The Kier molecular flexibility index (Phi) is 5.53. The number of nitrogens with one attached hydrogen (secondary N) is 2. The Morgan fingerprint density at radius 3 is 2.15 bits per heavy atom. The number of carbonyl (C=O) groups excluding carboxylic acids is 1. The summed E-state index contributed by atoms with van der Waals surface area (Å²) < 4.78 is 9.14. The van der Waals surface area contributed by atoms with Crippen LogP contribution in [0.15, 0.2) is 78.9 Å². The highest BCUT2D eigenvalue weighted by Crippen LogP contribution is 2.51. The fraction of sp³-hybridized carbons (Fsp3) is 0.229. The Hall–Kier alpha value is -4.51. The van der Waals surface area contributed by atoms with Crippen molar-refractivity contribution in [2.24, 2.45) is 0 Å². The van der Waals surface area contributed by atoms with E-state index in [0.29, 0.717) is 5.57 Å². The first-order chi connectivity index (χ1) is 19.4. The Balaban J connectivity index is 1.60. The van der Waals surface area contributed by atoms with Crippen LogP contribution < -0.4 is 0 Å². The van der Waals surface area contributed by atoms with Crippen molar-refractivity contribution in [1.29, 1.82) is 0 Å². The minimum Gasteiger partial charge on any atom is -0.441 e. The molecule has 3 aromatic carbocycles. The van der Waals surface area contributed by atoms with Gasteiger partial charge in [0.05, 0.1) is 5.57 Å². The van der Waals surface area contributed by atoms with Crippen LogP contribution in [0, 0.1) is 20.8 Å². The van der Waals surface area contributed by atoms with Gasteiger partial charge in [0.2, 0.25) is 0 Å². The summed E-state index contributed by atoms with van der Waals surface area (Å²) in [5, 5.41) is 3.20. The van der Waals surface area contributed by atoms with Gasteiger partial charge in [-0.1, -0.05) is 67.9 Å². The van der Waals surface area contributed by atoms with Crippen LogP contribution in [-0.4, -0.2) is 20.5 Å². The fourth-order valence-electron chi connectivity index (χ4n) is 6.92. The van der Waals surface area contributed by atoms with Crippen molar-refractivity contribution >= 4 is 44.3 Å². The van der Waals surface area contributed by atoms with Crippen LogP contribution in [0.25, 0.3) is 38.3 Å². The van der Waals surface area contributed by atoms with Crippen molar-refractivity contribution in [2.45, 2.75) is 52.7 Å². The van der Waals surface area contributed by atoms with E-state index in [-0.39, 0.29) is 5.97 Å². The van der Waals surface area contributed by atoms with Crippen molar-refractivity contribution in [2.75, 3.05) is 0 Å². The summed E-state index contributed by atoms with van der Waals surface area (Å²) >= 11 is 0. The second-order valence-corrected chi connectivity index (χ2v) is 11.0. The lowest BCUT2D eigenvalue weighted by atomic mass is 9.82. The number of nitrogens with zero attached hydrogens (tertiary/aromatic N) is 1. The van der Waals surface area contributed by atoms with Gasteiger partial charge in [0.25, 0.3) is 0 Å². The van der Waals surface area contributed by atoms with Gasteiger partial charge in [-0.25, -0.2) is 4.79 Å². The molecule has 0 spiro atoms. The fourth-order valence-corrected chi connectivity index (χ4v) is 6.92. The van der Waals surface area contributed by atoms with Crippen LogP contribution in [0.3, 0.4) is 0 Å². The Bertz CT molecular complexity index is 1980. The number of cyclic esters (lactones) is 1. The van der Waals surface area contributed by atoms with Gasteiger partial charge in [0.1, 0.15) is 0 Å². The average molecular weight is 528 g/mol. The quantitative estimate of drug-likeness (QED) is 0.214. The van der Waals surface area contributed by atoms with Gasteiger partial charge in [-0.2, -0.15) is 0 Å². The standard InChI is InChI=1S/C35H33N3O2/c1-5-6-19-38-23(4)33(26-15-9-12-18-30(26)38)35(32-22(3)37-29-17-11-8-14-25(29)32)20-27(34(39)40-35)31-21(2)36-28-16-10-7-13-24(28)31/h7-18,20,36-37H,5-6,19H2,1-4H3. The maximum atomic E-state index is 14.1. The molecule has 3 aromatic heterocycles. The third-order valence-electron chi connectivity index (χ3n) is 8.59. The molecule has 0 bridgehead atoms. The maximum absolute atomic E-state index is 14.1. The van der Waals surface area contributed by atoms with E-state index in [1.54, 1.807) is 0 Å². The van der Waals surface area contributed by atoms with Crippen LogP contribution in [0.5, 0.6) is 0 Å². The van der Waals surface area contributed by atoms with Gasteiger partial charge < -0.3 is 19.3 Å². The van der Waals surface area contributed by atoms with E-state index in [2.05, 4.69) is 96.0 Å². The first kappa shape index (κ1) is 24.5. The molecule has 6 aromatic rings. The molecule has 200 valence electrons. The first-order valence-corrected chi connectivity index (χ1v) is 14.1. The minimum absolute atomic E-state index is 0.303. The van der Waals surface area contributed by atoms with Gasteiger partial charge >= 0.3 is 5.97 Å². The smallest absolute Gasteiger partial charge is 0.340 e. The zero-order valence-corrected chi connectivity index (χ0v) is 23.4. The first-order valence-electron chi connectivity index (χ1n) is 14.1. The highest BCUT2D eigenvalue weighted by molar-refractivity contribution is 6.23. The van der Waals surface area contributed by atoms with Gasteiger partial charge in [-0.15, -0.1) is 0 Å². The largest absolute Gasteiger partial charge is 0.441 e. The monoisotopic (exact) mass is 527 g/mol. The number of benzene rings is 3. The molecule has 5 nitrogen and oxygen atoms in total. The molecule has 1 unspecified atom stereocenters. The number of rotatable bonds is 6. The third kappa shape index (κ3) is 3.37. The number of hydrogen-bond donors (Lipinski definition) is 2. The molecule has 7 rings (SSSR count). The third-order valence-corrected chi connectivity index (χ3v) is 8.59. The summed E-state index contributed by atoms with van der Waals surface area (Å²) in [6.07, 6.45) is 4.28. The summed E-state index contributed by atoms with van der Waals surface area (Å²) in [6.45, 7) is 9.42. The predicted molar refractivity (Wildman–Crippen MR) is 163 cm³/mol. The highest BCUT2D eigenvalue weighted by atomic mass is 16.6. The Morgan fingerprint density at radius 2 is 1.40 bits per heavy atom. The van der Waals surface area contributed by atoms with Gasteiger partial charge in [0, 0.05) is 73.0 Å². The van der Waals surface area contributed by atoms with E-state index < -0.39 is 5.60 Å². The predicted octanol–water partition coefficient (Wildman–Crippen LogP) is 8.21. The summed E-state index contributed by atoms with van der Waals surface area (Å²) in [4.78, 5) is 21.2. The zero-order chi connectivity index (χ0) is 27.6. The number of H-pyrrole nitrogens is 2. The molecule has 1 aliphatic rings. The van der Waals surface area contributed by atoms with E-state index in [0.717, 1.165) is 80.4 Å². The summed E-state index contributed by atoms with van der Waals surface area (Å²) in [5.74, 6) is -0.303. The normalized spacial score (nSPS) is 17.3. The maximum Gasteiger partial charge on any atom is 0.340 e. The number of aromatic nitrogens is 3. The van der Waals surface area contributed by atoms with Gasteiger partial charge in [-0.3, -0.25) is 0 Å². The van der Waals surface area contributed by atoms with Crippen molar-refractivity contribution in [3.63, 3.8) is 0 Å². The lowest BCUT2D eigenvalue weighted by Gasteiger charge is -2.29. The van der Waals surface area contributed by atoms with E-state index >= 15 is 0 Å². The second kappa shape index (κ2) is 9.02. The van der Waals surface area contributed by atoms with E-state index in [1.807, 2.05) is 25.1 Å². The van der Waals surface area contributed by atoms with Gasteiger partial charge in [0.15, 0.2) is 5.60 Å². The van der Waals surface area contributed by atoms with Crippen LogP contribution in [0.2, 0.25) is 0 Å². The van der Waals surface area contributed by atoms with Crippen molar-refractivity contribution in [1.82, 2.24) is 14.5 Å². The molecule has 0 saturated carbocycles. The van der Waals surface area contributed by atoms with Gasteiger partial charge in [-0.05, 0) is 51.5 Å². The number of aryl methyl sites for hydroxylation is 3. The Labute approximate surface area is 233 Å². The molecular weight excluding hydrogens is 494 g/mol. The van der Waals surface area contributed by atoms with Crippen LogP contribution in [0.4, 0.5) is 0 Å². The van der Waals surface area contributed by atoms with Crippen LogP contribution in [-0.2, 0) is 21.7 Å². The van der Waals surface area contributed by atoms with E-state index in [1.165, 1.54) is 5.52 Å². The molecular formula is C35H33N3O2. The van der Waals surface area contributed by atoms with E-state index in [4.69, 9.17) is 4.74 Å². The molecule has 0 radical (unpaired) electrons. The average Bonchev–Trinajstić information content (AvgIpc) is 3.65.